The van der Waals surface area contributed by atoms with Crippen molar-refractivity contribution >= 4 is 17.4 Å². The first kappa shape index (κ1) is 15.3. The lowest BCUT2D eigenvalue weighted by Crippen LogP contribution is -2.38. The van der Waals surface area contributed by atoms with Crippen LogP contribution in [0.4, 0.5) is 0 Å². The number of hydrogen-bond donors (Lipinski definition) is 0. The molecule has 2 aromatic rings. The molecule has 1 aromatic heterocycles. The van der Waals surface area contributed by atoms with E-state index in [1.807, 2.05) is 36.3 Å². The molecule has 0 N–H and O–H groups in total. The number of halogens is 1. The van der Waals surface area contributed by atoms with Crippen LogP contribution in [0, 0.1) is 5.92 Å². The van der Waals surface area contributed by atoms with Crippen LogP contribution >= 0.6 is 11.6 Å². The Kier molecular flexibility index (Phi) is 4.60. The Bertz CT molecular complexity index is 650. The first-order valence-corrected chi connectivity index (χ1v) is 7.99. The summed E-state index contributed by atoms with van der Waals surface area (Å²) in [5, 5.41) is 4.87. The Hall–Kier alpha value is -1.65. The average Bonchev–Trinajstić information content (AvgIpc) is 2.93. The lowest BCUT2D eigenvalue weighted by molar-refractivity contribution is 0.0811. The third kappa shape index (κ3) is 3.57. The summed E-state index contributed by atoms with van der Waals surface area (Å²) in [6, 6.07) is 7.21. The van der Waals surface area contributed by atoms with Crippen LogP contribution in [-0.2, 0) is 13.6 Å². The predicted octanol–water partition coefficient (Wildman–Crippen LogP) is 3.17. The van der Waals surface area contributed by atoms with Gasteiger partial charge in [-0.25, -0.2) is 0 Å². The second-order valence-corrected chi connectivity index (χ2v) is 6.40. The van der Waals surface area contributed by atoms with Gasteiger partial charge in [-0.1, -0.05) is 11.6 Å². The van der Waals surface area contributed by atoms with E-state index in [4.69, 9.17) is 11.6 Å². The second-order valence-electron chi connectivity index (χ2n) is 5.97. The summed E-state index contributed by atoms with van der Waals surface area (Å²) in [5.74, 6) is 0.305. The van der Waals surface area contributed by atoms with Crippen LogP contribution < -0.4 is 0 Å². The second kappa shape index (κ2) is 6.63. The number of rotatable bonds is 4. The number of piperidine rings is 1. The van der Waals surface area contributed by atoms with E-state index in [1.54, 1.807) is 12.1 Å². The number of benzene rings is 1. The van der Waals surface area contributed by atoms with Crippen molar-refractivity contribution in [1.82, 2.24) is 14.7 Å². The minimum absolute atomic E-state index is 0.0756. The maximum Gasteiger partial charge on any atom is 0.167 e. The zero-order chi connectivity index (χ0) is 15.5. The van der Waals surface area contributed by atoms with Gasteiger partial charge in [0.25, 0.3) is 0 Å². The van der Waals surface area contributed by atoms with Gasteiger partial charge in [-0.3, -0.25) is 14.4 Å². The molecule has 3 rings (SSSR count). The Balaban J connectivity index is 1.64. The van der Waals surface area contributed by atoms with Gasteiger partial charge in [0.1, 0.15) is 0 Å². The third-order valence-corrected chi connectivity index (χ3v) is 4.42. The normalized spacial score (nSPS) is 19.3. The summed E-state index contributed by atoms with van der Waals surface area (Å²) >= 11 is 5.89. The molecule has 0 spiro atoms. The van der Waals surface area contributed by atoms with Gasteiger partial charge in [0, 0.05) is 48.4 Å². The third-order valence-electron chi connectivity index (χ3n) is 4.17. The molecule has 0 radical (unpaired) electrons. The molecule has 1 saturated heterocycles. The lowest BCUT2D eigenvalue weighted by Gasteiger charge is -2.31. The number of carbonyl (C=O) groups is 1. The van der Waals surface area contributed by atoms with Crippen LogP contribution in [0.25, 0.3) is 0 Å². The average molecular weight is 318 g/mol. The summed E-state index contributed by atoms with van der Waals surface area (Å²) in [6.45, 7) is 2.72. The summed E-state index contributed by atoms with van der Waals surface area (Å²) in [6.07, 6.45) is 5.95. The molecule has 1 atom stereocenters. The Morgan fingerprint density at radius 3 is 2.82 bits per heavy atom. The van der Waals surface area contributed by atoms with Crippen LogP contribution in [0.3, 0.4) is 0 Å². The first-order valence-electron chi connectivity index (χ1n) is 7.61. The molecule has 116 valence electrons. The number of hydrogen-bond acceptors (Lipinski definition) is 3. The van der Waals surface area contributed by atoms with Crippen molar-refractivity contribution in [2.45, 2.75) is 19.4 Å². The standard InChI is InChI=1S/C17H20ClN3O/c1-20-10-13(9-19-20)11-21-8-2-3-15(12-21)17(22)14-4-6-16(18)7-5-14/h4-7,9-10,15H,2-3,8,11-12H2,1H3/t15-/m1/s1. The molecular weight excluding hydrogens is 298 g/mol. The molecule has 1 aliphatic heterocycles. The van der Waals surface area contributed by atoms with E-state index in [0.717, 1.165) is 38.0 Å². The molecule has 0 aliphatic carbocycles. The van der Waals surface area contributed by atoms with Gasteiger partial charge < -0.3 is 0 Å². The van der Waals surface area contributed by atoms with Gasteiger partial charge in [0.2, 0.25) is 0 Å². The molecule has 1 aromatic carbocycles. The summed E-state index contributed by atoms with van der Waals surface area (Å²) in [4.78, 5) is 15.0. The van der Waals surface area contributed by atoms with Crippen molar-refractivity contribution in [3.8, 4) is 0 Å². The van der Waals surface area contributed by atoms with Gasteiger partial charge in [-0.05, 0) is 43.7 Å². The molecule has 22 heavy (non-hydrogen) atoms. The molecule has 1 aliphatic rings. The van der Waals surface area contributed by atoms with E-state index in [1.165, 1.54) is 5.56 Å². The van der Waals surface area contributed by atoms with Crippen LogP contribution in [0.2, 0.25) is 5.02 Å². The molecule has 1 fully saturated rings. The minimum Gasteiger partial charge on any atom is -0.298 e. The van der Waals surface area contributed by atoms with Crippen molar-refractivity contribution in [1.29, 1.82) is 0 Å². The topological polar surface area (TPSA) is 38.1 Å². The monoisotopic (exact) mass is 317 g/mol. The lowest BCUT2D eigenvalue weighted by atomic mass is 9.90. The Morgan fingerprint density at radius 2 is 2.14 bits per heavy atom. The molecule has 0 amide bonds. The van der Waals surface area contributed by atoms with E-state index in [-0.39, 0.29) is 11.7 Å². The summed E-state index contributed by atoms with van der Waals surface area (Å²) in [7, 11) is 1.92. The summed E-state index contributed by atoms with van der Waals surface area (Å²) in [5.41, 5.74) is 1.96. The van der Waals surface area contributed by atoms with Gasteiger partial charge in [0.15, 0.2) is 5.78 Å². The van der Waals surface area contributed by atoms with Gasteiger partial charge in [-0.15, -0.1) is 0 Å². The van der Waals surface area contributed by atoms with Gasteiger partial charge >= 0.3 is 0 Å². The zero-order valence-corrected chi connectivity index (χ0v) is 13.5. The van der Waals surface area contributed by atoms with E-state index in [0.29, 0.717) is 5.02 Å². The fraction of sp³-hybridized carbons (Fsp3) is 0.412. The van der Waals surface area contributed by atoms with E-state index in [9.17, 15) is 4.79 Å². The van der Waals surface area contributed by atoms with E-state index in [2.05, 4.69) is 10.00 Å². The molecule has 2 heterocycles. The largest absolute Gasteiger partial charge is 0.298 e. The quantitative estimate of drug-likeness (QED) is 0.813. The van der Waals surface area contributed by atoms with Crippen molar-refractivity contribution < 1.29 is 4.79 Å². The van der Waals surface area contributed by atoms with E-state index >= 15 is 0 Å². The highest BCUT2D eigenvalue weighted by Gasteiger charge is 2.26. The van der Waals surface area contributed by atoms with Crippen LogP contribution in [0.5, 0.6) is 0 Å². The SMILES string of the molecule is Cn1cc(CN2CCC[C@@H](C(=O)c3ccc(Cl)cc3)C2)cn1. The molecular formula is C17H20ClN3O. The molecule has 0 saturated carbocycles. The van der Waals surface area contributed by atoms with Gasteiger partial charge in [-0.2, -0.15) is 5.10 Å². The van der Waals surface area contributed by atoms with Crippen molar-refractivity contribution in [2.75, 3.05) is 13.1 Å². The Morgan fingerprint density at radius 1 is 1.36 bits per heavy atom. The molecule has 4 nitrogen and oxygen atoms in total. The first-order chi connectivity index (χ1) is 10.6. The number of aromatic nitrogens is 2. The highest BCUT2D eigenvalue weighted by atomic mass is 35.5. The minimum atomic E-state index is 0.0756. The number of likely N-dealkylation sites (tertiary alicyclic amines) is 1. The fourth-order valence-electron chi connectivity index (χ4n) is 3.07. The van der Waals surface area contributed by atoms with Gasteiger partial charge in [0.05, 0.1) is 6.20 Å². The van der Waals surface area contributed by atoms with Crippen molar-refractivity contribution in [3.05, 3.63) is 52.8 Å². The predicted molar refractivity (Wildman–Crippen MR) is 87.0 cm³/mol. The van der Waals surface area contributed by atoms with Crippen LogP contribution in [-0.4, -0.2) is 33.6 Å². The number of aryl methyl sites for hydroxylation is 1. The highest BCUT2D eigenvalue weighted by Crippen LogP contribution is 2.23. The van der Waals surface area contributed by atoms with Crippen LogP contribution in [0.1, 0.15) is 28.8 Å². The highest BCUT2D eigenvalue weighted by molar-refractivity contribution is 6.30. The van der Waals surface area contributed by atoms with Crippen molar-refractivity contribution in [2.24, 2.45) is 13.0 Å². The number of nitrogens with zero attached hydrogens (tertiary/aromatic N) is 3. The van der Waals surface area contributed by atoms with E-state index < -0.39 is 0 Å². The Labute approximate surface area is 135 Å². The number of carbonyl (C=O) groups excluding carboxylic acids is 1. The smallest absolute Gasteiger partial charge is 0.167 e. The molecule has 0 bridgehead atoms. The summed E-state index contributed by atoms with van der Waals surface area (Å²) < 4.78 is 1.82. The van der Waals surface area contributed by atoms with Crippen molar-refractivity contribution in [3.63, 3.8) is 0 Å². The fourth-order valence-corrected chi connectivity index (χ4v) is 3.20. The zero-order valence-electron chi connectivity index (χ0n) is 12.7. The molecule has 5 heteroatoms. The molecule has 0 unspecified atom stereocenters. The maximum atomic E-state index is 12.6. The van der Waals surface area contributed by atoms with Crippen LogP contribution in [0.15, 0.2) is 36.7 Å². The number of ketones is 1. The maximum absolute atomic E-state index is 12.6. The number of Topliss-reactive ketones (excluding diaryl/α,β-unsaturated/α-hetero) is 1.